The van der Waals surface area contributed by atoms with Crippen LogP contribution in [-0.4, -0.2) is 17.4 Å². The summed E-state index contributed by atoms with van der Waals surface area (Å²) in [7, 11) is 0. The Morgan fingerprint density at radius 2 is 2.00 bits per heavy atom. The zero-order valence-corrected chi connectivity index (χ0v) is 13.0. The fourth-order valence-electron chi connectivity index (χ4n) is 1.67. The summed E-state index contributed by atoms with van der Waals surface area (Å²) in [4.78, 5) is 16.2. The second-order valence-electron chi connectivity index (χ2n) is 4.44. The molecule has 0 aliphatic heterocycles. The molecule has 1 aromatic carbocycles. The quantitative estimate of drug-likeness (QED) is 0.853. The van der Waals surface area contributed by atoms with Crippen molar-refractivity contribution in [2.45, 2.75) is 13.3 Å². The maximum absolute atomic E-state index is 12.1. The van der Waals surface area contributed by atoms with Crippen molar-refractivity contribution in [2.75, 3.05) is 17.2 Å². The molecular formula is C15H15Cl2N3O. The number of rotatable bonds is 5. The van der Waals surface area contributed by atoms with Gasteiger partial charge in [0.25, 0.3) is 5.91 Å². The Morgan fingerprint density at radius 3 is 2.62 bits per heavy atom. The molecule has 0 saturated carbocycles. The second kappa shape index (κ2) is 7.29. The number of nitrogens with one attached hydrogen (secondary N) is 2. The first-order valence-corrected chi connectivity index (χ1v) is 7.32. The number of aromatic nitrogens is 1. The monoisotopic (exact) mass is 323 g/mol. The molecule has 1 heterocycles. The molecule has 0 saturated heterocycles. The molecule has 1 aromatic heterocycles. The van der Waals surface area contributed by atoms with Crippen molar-refractivity contribution in [1.82, 2.24) is 4.98 Å². The van der Waals surface area contributed by atoms with Gasteiger partial charge in [-0.05, 0) is 36.8 Å². The van der Waals surface area contributed by atoms with Gasteiger partial charge in [-0.2, -0.15) is 0 Å². The van der Waals surface area contributed by atoms with Gasteiger partial charge in [-0.15, -0.1) is 0 Å². The Hall–Kier alpha value is -1.78. The predicted molar refractivity (Wildman–Crippen MR) is 87.4 cm³/mol. The average molecular weight is 324 g/mol. The van der Waals surface area contributed by atoms with E-state index in [1.807, 2.05) is 6.07 Å². The smallest absolute Gasteiger partial charge is 0.256 e. The van der Waals surface area contributed by atoms with Crippen LogP contribution in [0.15, 0.2) is 36.5 Å². The first-order valence-electron chi connectivity index (χ1n) is 6.56. The standard InChI is InChI=1S/C15H15Cl2N3O/c1-2-7-18-11-4-6-14(19-9-11)20-15(21)10-3-5-12(16)13(17)8-10/h3-6,8-9,18H,2,7H2,1H3,(H,19,20,21). The molecular weight excluding hydrogens is 309 g/mol. The number of carbonyl (C=O) groups excluding carboxylic acids is 1. The Bertz CT molecular complexity index is 629. The fourth-order valence-corrected chi connectivity index (χ4v) is 1.97. The average Bonchev–Trinajstić information content (AvgIpc) is 2.49. The van der Waals surface area contributed by atoms with Crippen LogP contribution in [0.2, 0.25) is 10.0 Å². The molecule has 0 atom stereocenters. The highest BCUT2D eigenvalue weighted by Gasteiger charge is 2.09. The molecule has 0 aliphatic carbocycles. The number of pyridine rings is 1. The third kappa shape index (κ3) is 4.34. The summed E-state index contributed by atoms with van der Waals surface area (Å²) in [6.45, 7) is 2.98. The number of hydrogen-bond acceptors (Lipinski definition) is 3. The van der Waals surface area contributed by atoms with E-state index in [1.54, 1.807) is 24.4 Å². The molecule has 0 spiro atoms. The molecule has 2 rings (SSSR count). The number of carbonyl (C=O) groups is 1. The van der Waals surface area contributed by atoms with Gasteiger partial charge >= 0.3 is 0 Å². The Kier molecular flexibility index (Phi) is 5.42. The van der Waals surface area contributed by atoms with E-state index in [2.05, 4.69) is 22.5 Å². The van der Waals surface area contributed by atoms with Crippen molar-refractivity contribution in [1.29, 1.82) is 0 Å². The zero-order valence-electron chi connectivity index (χ0n) is 11.5. The van der Waals surface area contributed by atoms with Crippen molar-refractivity contribution in [3.63, 3.8) is 0 Å². The molecule has 0 radical (unpaired) electrons. The molecule has 1 amide bonds. The van der Waals surface area contributed by atoms with E-state index in [0.717, 1.165) is 18.7 Å². The molecule has 110 valence electrons. The van der Waals surface area contributed by atoms with E-state index >= 15 is 0 Å². The largest absolute Gasteiger partial charge is 0.384 e. The summed E-state index contributed by atoms with van der Waals surface area (Å²) in [6, 6.07) is 8.33. The van der Waals surface area contributed by atoms with Crippen LogP contribution >= 0.6 is 23.2 Å². The fraction of sp³-hybridized carbons (Fsp3) is 0.200. The van der Waals surface area contributed by atoms with Crippen LogP contribution < -0.4 is 10.6 Å². The lowest BCUT2D eigenvalue weighted by Gasteiger charge is -2.07. The summed E-state index contributed by atoms with van der Waals surface area (Å²) in [5.41, 5.74) is 1.35. The molecule has 2 N–H and O–H groups in total. The molecule has 0 fully saturated rings. The highest BCUT2D eigenvalue weighted by atomic mass is 35.5. The van der Waals surface area contributed by atoms with Gasteiger partial charge in [0, 0.05) is 12.1 Å². The molecule has 0 unspecified atom stereocenters. The van der Waals surface area contributed by atoms with Gasteiger partial charge in [0.1, 0.15) is 5.82 Å². The maximum atomic E-state index is 12.1. The minimum atomic E-state index is -0.282. The lowest BCUT2D eigenvalue weighted by molar-refractivity contribution is 0.102. The van der Waals surface area contributed by atoms with Crippen LogP contribution in [0.25, 0.3) is 0 Å². The Morgan fingerprint density at radius 1 is 1.19 bits per heavy atom. The van der Waals surface area contributed by atoms with E-state index in [4.69, 9.17) is 23.2 Å². The van der Waals surface area contributed by atoms with Crippen LogP contribution in [0.1, 0.15) is 23.7 Å². The van der Waals surface area contributed by atoms with Gasteiger partial charge in [-0.25, -0.2) is 4.98 Å². The Balaban J connectivity index is 2.03. The molecule has 2 aromatic rings. The van der Waals surface area contributed by atoms with Crippen molar-refractivity contribution in [3.8, 4) is 0 Å². The molecule has 0 aliphatic rings. The molecule has 21 heavy (non-hydrogen) atoms. The summed E-state index contributed by atoms with van der Waals surface area (Å²) in [5, 5.41) is 6.68. The van der Waals surface area contributed by atoms with E-state index in [1.165, 1.54) is 6.07 Å². The number of amides is 1. The van der Waals surface area contributed by atoms with Crippen LogP contribution in [0, 0.1) is 0 Å². The minimum Gasteiger partial charge on any atom is -0.384 e. The van der Waals surface area contributed by atoms with Gasteiger partial charge in [0.05, 0.1) is 21.9 Å². The van der Waals surface area contributed by atoms with E-state index in [9.17, 15) is 4.79 Å². The van der Waals surface area contributed by atoms with Crippen molar-refractivity contribution < 1.29 is 4.79 Å². The van der Waals surface area contributed by atoms with Crippen molar-refractivity contribution in [3.05, 3.63) is 52.1 Å². The summed E-state index contributed by atoms with van der Waals surface area (Å²) >= 11 is 11.7. The number of hydrogen-bond donors (Lipinski definition) is 2. The lowest BCUT2D eigenvalue weighted by Crippen LogP contribution is -2.13. The SMILES string of the molecule is CCCNc1ccc(NC(=O)c2ccc(Cl)c(Cl)c2)nc1. The normalized spacial score (nSPS) is 10.2. The van der Waals surface area contributed by atoms with Crippen molar-refractivity contribution >= 4 is 40.6 Å². The highest BCUT2D eigenvalue weighted by Crippen LogP contribution is 2.23. The number of anilines is 2. The summed E-state index contributed by atoms with van der Waals surface area (Å²) < 4.78 is 0. The molecule has 4 nitrogen and oxygen atoms in total. The summed E-state index contributed by atoms with van der Waals surface area (Å²) in [6.07, 6.45) is 2.72. The van der Waals surface area contributed by atoms with Gasteiger partial charge in [-0.1, -0.05) is 30.1 Å². The number of benzene rings is 1. The third-order valence-corrected chi connectivity index (χ3v) is 3.51. The van der Waals surface area contributed by atoms with Crippen LogP contribution in [0.5, 0.6) is 0 Å². The third-order valence-electron chi connectivity index (χ3n) is 2.77. The summed E-state index contributed by atoms with van der Waals surface area (Å²) in [5.74, 6) is 0.198. The van der Waals surface area contributed by atoms with Gasteiger partial charge < -0.3 is 10.6 Å². The zero-order chi connectivity index (χ0) is 15.2. The maximum Gasteiger partial charge on any atom is 0.256 e. The van der Waals surface area contributed by atoms with E-state index in [0.29, 0.717) is 21.4 Å². The van der Waals surface area contributed by atoms with Gasteiger partial charge in [0.15, 0.2) is 0 Å². The van der Waals surface area contributed by atoms with Gasteiger partial charge in [-0.3, -0.25) is 4.79 Å². The minimum absolute atomic E-state index is 0.282. The number of halogens is 2. The molecule has 6 heteroatoms. The van der Waals surface area contributed by atoms with E-state index in [-0.39, 0.29) is 5.91 Å². The topological polar surface area (TPSA) is 54.0 Å². The van der Waals surface area contributed by atoms with Crippen LogP contribution in [-0.2, 0) is 0 Å². The second-order valence-corrected chi connectivity index (χ2v) is 5.26. The lowest BCUT2D eigenvalue weighted by atomic mass is 10.2. The number of nitrogens with zero attached hydrogens (tertiary/aromatic N) is 1. The van der Waals surface area contributed by atoms with Crippen LogP contribution in [0.4, 0.5) is 11.5 Å². The van der Waals surface area contributed by atoms with E-state index < -0.39 is 0 Å². The van der Waals surface area contributed by atoms with Crippen molar-refractivity contribution in [2.24, 2.45) is 0 Å². The predicted octanol–water partition coefficient (Wildman–Crippen LogP) is 4.46. The van der Waals surface area contributed by atoms with Gasteiger partial charge in [0.2, 0.25) is 0 Å². The van der Waals surface area contributed by atoms with Crippen LogP contribution in [0.3, 0.4) is 0 Å². The first-order chi connectivity index (χ1) is 10.1. The Labute approximate surface area is 133 Å². The first kappa shape index (κ1) is 15.6. The highest BCUT2D eigenvalue weighted by molar-refractivity contribution is 6.42. The molecule has 0 bridgehead atoms.